The van der Waals surface area contributed by atoms with Gasteiger partial charge in [-0.3, -0.25) is 9.59 Å². The lowest BCUT2D eigenvalue weighted by molar-refractivity contribution is -0.157. The Hall–Kier alpha value is -1.57. The van der Waals surface area contributed by atoms with Crippen LogP contribution in [-0.4, -0.2) is 36.0 Å². The summed E-state index contributed by atoms with van der Waals surface area (Å²) >= 11 is 3.31. The largest absolute Gasteiger partial charge is 0.406 e. The van der Waals surface area contributed by atoms with Crippen molar-refractivity contribution in [3.8, 4) is 0 Å². The van der Waals surface area contributed by atoms with Crippen molar-refractivity contribution < 1.29 is 22.8 Å². The van der Waals surface area contributed by atoms with E-state index >= 15 is 0 Å². The summed E-state index contributed by atoms with van der Waals surface area (Å²) in [6.45, 7) is -1.23. The van der Waals surface area contributed by atoms with Gasteiger partial charge in [0.25, 0.3) is 0 Å². The molecule has 1 N–H and O–H groups in total. The first-order valence-electron chi connectivity index (χ1n) is 6.61. The second-order valence-corrected chi connectivity index (χ2v) is 6.05. The molecule has 1 atom stereocenters. The number of nitrogens with zero attached hydrogens (tertiary/aromatic N) is 1. The first-order valence-corrected chi connectivity index (χ1v) is 7.40. The predicted molar refractivity (Wildman–Crippen MR) is 76.7 cm³/mol. The number of hydrogen-bond donors (Lipinski definition) is 1. The molecule has 0 bridgehead atoms. The summed E-state index contributed by atoms with van der Waals surface area (Å²) in [6.07, 6.45) is -4.63. The van der Waals surface area contributed by atoms with Gasteiger partial charge < -0.3 is 10.2 Å². The van der Waals surface area contributed by atoms with Gasteiger partial charge in [0.15, 0.2) is 0 Å². The Balaban J connectivity index is 1.87. The van der Waals surface area contributed by atoms with Crippen molar-refractivity contribution in [3.05, 3.63) is 34.3 Å². The van der Waals surface area contributed by atoms with Crippen LogP contribution in [-0.2, 0) is 16.1 Å². The number of alkyl halides is 3. The molecule has 0 aromatic heterocycles. The summed E-state index contributed by atoms with van der Waals surface area (Å²) < 4.78 is 37.8. The van der Waals surface area contributed by atoms with Gasteiger partial charge in [-0.1, -0.05) is 28.1 Å². The fourth-order valence-electron chi connectivity index (χ4n) is 2.30. The molecule has 0 spiro atoms. The van der Waals surface area contributed by atoms with E-state index in [0.717, 1.165) is 10.0 Å². The van der Waals surface area contributed by atoms with Gasteiger partial charge in [-0.05, 0) is 17.7 Å². The summed E-state index contributed by atoms with van der Waals surface area (Å²) in [5.41, 5.74) is 0.860. The molecule has 120 valence electrons. The second-order valence-electron chi connectivity index (χ2n) is 5.14. The van der Waals surface area contributed by atoms with Crippen molar-refractivity contribution in [2.75, 3.05) is 13.1 Å². The van der Waals surface area contributed by atoms with E-state index in [1.54, 1.807) is 0 Å². The maximum absolute atomic E-state index is 12.3. The van der Waals surface area contributed by atoms with Crippen LogP contribution in [0.15, 0.2) is 28.7 Å². The van der Waals surface area contributed by atoms with Crippen LogP contribution in [0.4, 0.5) is 13.2 Å². The number of carbonyl (C=O) groups excluding carboxylic acids is 2. The summed E-state index contributed by atoms with van der Waals surface area (Å²) in [4.78, 5) is 24.2. The number of halogens is 4. The minimum atomic E-state index is -4.45. The molecule has 1 fully saturated rings. The highest BCUT2D eigenvalue weighted by Gasteiger charge is 2.40. The number of benzene rings is 1. The minimum absolute atomic E-state index is 0.180. The molecule has 1 saturated heterocycles. The standard InChI is InChI=1S/C14H14BrF3N2O2/c15-11-3-1-2-9(4-11)6-19-13(22)10-5-12(21)20(7-10)8-14(16,17)18/h1-4,10H,5-8H2,(H,19,22). The number of carbonyl (C=O) groups is 2. The maximum Gasteiger partial charge on any atom is 0.406 e. The Bertz CT molecular complexity index is 577. The fraction of sp³-hybridized carbons (Fsp3) is 0.429. The van der Waals surface area contributed by atoms with Gasteiger partial charge in [-0.25, -0.2) is 0 Å². The topological polar surface area (TPSA) is 49.4 Å². The molecular formula is C14H14BrF3N2O2. The van der Waals surface area contributed by atoms with Crippen LogP contribution in [0, 0.1) is 5.92 Å². The van der Waals surface area contributed by atoms with Gasteiger partial charge in [0, 0.05) is 24.0 Å². The lowest BCUT2D eigenvalue weighted by Gasteiger charge is -2.18. The van der Waals surface area contributed by atoms with Crippen molar-refractivity contribution in [2.24, 2.45) is 5.92 Å². The zero-order valence-electron chi connectivity index (χ0n) is 11.5. The molecule has 1 aliphatic heterocycles. The highest BCUT2D eigenvalue weighted by Crippen LogP contribution is 2.24. The molecular weight excluding hydrogens is 365 g/mol. The first kappa shape index (κ1) is 16.8. The van der Waals surface area contributed by atoms with Crippen molar-refractivity contribution in [2.45, 2.75) is 19.1 Å². The van der Waals surface area contributed by atoms with Crippen molar-refractivity contribution >= 4 is 27.7 Å². The van der Waals surface area contributed by atoms with Crippen molar-refractivity contribution in [3.63, 3.8) is 0 Å². The van der Waals surface area contributed by atoms with E-state index in [2.05, 4.69) is 21.2 Å². The predicted octanol–water partition coefficient (Wildman–Crippen LogP) is 2.48. The van der Waals surface area contributed by atoms with E-state index < -0.39 is 30.5 Å². The number of hydrogen-bond acceptors (Lipinski definition) is 2. The Morgan fingerprint density at radius 3 is 2.77 bits per heavy atom. The maximum atomic E-state index is 12.3. The molecule has 2 rings (SSSR count). The second kappa shape index (κ2) is 6.68. The molecule has 0 radical (unpaired) electrons. The molecule has 1 aromatic rings. The van der Waals surface area contributed by atoms with Crippen molar-refractivity contribution in [1.29, 1.82) is 0 Å². The molecule has 0 aliphatic carbocycles. The summed E-state index contributed by atoms with van der Waals surface area (Å²) in [6, 6.07) is 7.31. The molecule has 22 heavy (non-hydrogen) atoms. The Labute approximate surface area is 133 Å². The van der Waals surface area contributed by atoms with Gasteiger partial charge >= 0.3 is 6.18 Å². The van der Waals surface area contributed by atoms with Crippen LogP contribution in [0.1, 0.15) is 12.0 Å². The van der Waals surface area contributed by atoms with Gasteiger partial charge in [-0.2, -0.15) is 13.2 Å². The van der Waals surface area contributed by atoms with E-state index in [9.17, 15) is 22.8 Å². The monoisotopic (exact) mass is 378 g/mol. The van der Waals surface area contributed by atoms with Crippen molar-refractivity contribution in [1.82, 2.24) is 10.2 Å². The molecule has 0 saturated carbocycles. The Kier molecular flexibility index (Phi) is 5.10. The van der Waals surface area contributed by atoms with Gasteiger partial charge in [0.1, 0.15) is 6.54 Å². The van der Waals surface area contributed by atoms with Crippen LogP contribution >= 0.6 is 15.9 Å². The van der Waals surface area contributed by atoms with E-state index in [4.69, 9.17) is 0 Å². The highest BCUT2D eigenvalue weighted by atomic mass is 79.9. The van der Waals surface area contributed by atoms with Crippen LogP contribution in [0.25, 0.3) is 0 Å². The zero-order chi connectivity index (χ0) is 16.3. The average molecular weight is 379 g/mol. The highest BCUT2D eigenvalue weighted by molar-refractivity contribution is 9.10. The first-order chi connectivity index (χ1) is 10.2. The quantitative estimate of drug-likeness (QED) is 0.874. The normalized spacial score (nSPS) is 18.6. The van der Waals surface area contributed by atoms with Crippen LogP contribution in [0.5, 0.6) is 0 Å². The van der Waals surface area contributed by atoms with E-state index in [1.165, 1.54) is 0 Å². The van der Waals surface area contributed by atoms with E-state index in [-0.39, 0.29) is 19.5 Å². The lowest BCUT2D eigenvalue weighted by atomic mass is 10.1. The lowest BCUT2D eigenvalue weighted by Crippen LogP contribution is -2.37. The summed E-state index contributed by atoms with van der Waals surface area (Å²) in [7, 11) is 0. The molecule has 1 aromatic carbocycles. The van der Waals surface area contributed by atoms with Gasteiger partial charge in [0.2, 0.25) is 11.8 Å². The number of nitrogens with one attached hydrogen (secondary N) is 1. The SMILES string of the molecule is O=C(NCc1cccc(Br)c1)C1CC(=O)N(CC(F)(F)F)C1. The molecule has 2 amide bonds. The number of likely N-dealkylation sites (tertiary alicyclic amines) is 1. The third kappa shape index (κ3) is 4.72. The molecule has 4 nitrogen and oxygen atoms in total. The summed E-state index contributed by atoms with van der Waals surface area (Å²) in [5.74, 6) is -1.78. The average Bonchev–Trinajstić information content (AvgIpc) is 2.75. The Morgan fingerprint density at radius 2 is 2.14 bits per heavy atom. The molecule has 1 heterocycles. The van der Waals surface area contributed by atoms with Crippen LogP contribution in [0.3, 0.4) is 0 Å². The van der Waals surface area contributed by atoms with Crippen LogP contribution in [0.2, 0.25) is 0 Å². The number of rotatable bonds is 4. The Morgan fingerprint density at radius 1 is 1.41 bits per heavy atom. The molecule has 1 aliphatic rings. The summed E-state index contributed by atoms with van der Waals surface area (Å²) in [5, 5.41) is 2.65. The molecule has 1 unspecified atom stereocenters. The van der Waals surface area contributed by atoms with E-state index in [1.807, 2.05) is 24.3 Å². The zero-order valence-corrected chi connectivity index (χ0v) is 13.1. The van der Waals surface area contributed by atoms with E-state index in [0.29, 0.717) is 4.90 Å². The van der Waals surface area contributed by atoms with Gasteiger partial charge in [-0.15, -0.1) is 0 Å². The smallest absolute Gasteiger partial charge is 0.352 e. The van der Waals surface area contributed by atoms with Gasteiger partial charge in [0.05, 0.1) is 5.92 Å². The van der Waals surface area contributed by atoms with Crippen LogP contribution < -0.4 is 5.32 Å². The third-order valence-electron chi connectivity index (χ3n) is 3.31. The molecule has 8 heteroatoms. The number of amides is 2. The fourth-order valence-corrected chi connectivity index (χ4v) is 2.74. The minimum Gasteiger partial charge on any atom is -0.352 e. The third-order valence-corrected chi connectivity index (χ3v) is 3.80.